The van der Waals surface area contributed by atoms with Crippen LogP contribution < -0.4 is 0 Å². The highest BCUT2D eigenvalue weighted by Crippen LogP contribution is 2.13. The van der Waals surface area contributed by atoms with Gasteiger partial charge >= 0.3 is 0 Å². The maximum absolute atomic E-state index is 4.10. The average molecular weight is 161 g/mol. The molecule has 0 N–H and O–H groups in total. The Bertz CT molecular complexity index is 294. The second kappa shape index (κ2) is 2.93. The number of nitrogens with zero attached hydrogens (tertiary/aromatic N) is 3. The molecule has 0 amide bonds. The lowest BCUT2D eigenvalue weighted by atomic mass is 10.1. The summed E-state index contributed by atoms with van der Waals surface area (Å²) in [5.41, 5.74) is 0. The van der Waals surface area contributed by atoms with Crippen LogP contribution in [0.1, 0.15) is 19.2 Å². The molecule has 0 fully saturated rings. The quantitative estimate of drug-likeness (QED) is 0.628. The summed E-state index contributed by atoms with van der Waals surface area (Å²) in [5.74, 6) is 1.43. The molecule has 3 nitrogen and oxygen atoms in total. The fourth-order valence-electron chi connectivity index (χ4n) is 1.23. The van der Waals surface area contributed by atoms with Crippen LogP contribution in [0, 0.1) is 5.92 Å². The van der Waals surface area contributed by atoms with E-state index < -0.39 is 0 Å². The van der Waals surface area contributed by atoms with Crippen LogP contribution in [0.5, 0.6) is 0 Å². The van der Waals surface area contributed by atoms with Gasteiger partial charge in [0, 0.05) is 6.20 Å². The van der Waals surface area contributed by atoms with E-state index in [9.17, 15) is 0 Å². The molecule has 0 radical (unpaired) electrons. The molecule has 1 aromatic rings. The number of rotatable bonds is 1. The molecule has 1 aromatic heterocycles. The molecule has 0 saturated heterocycles. The Hall–Kier alpha value is -1.38. The van der Waals surface area contributed by atoms with Crippen molar-refractivity contribution < 1.29 is 0 Å². The van der Waals surface area contributed by atoms with Crippen molar-refractivity contribution in [2.24, 2.45) is 5.92 Å². The molecule has 0 spiro atoms. The van der Waals surface area contributed by atoms with E-state index in [-0.39, 0.29) is 0 Å². The second-order valence-electron chi connectivity index (χ2n) is 2.84. The maximum Gasteiger partial charge on any atom is 0.154 e. The minimum Gasteiger partial charge on any atom is -0.221 e. The third kappa shape index (κ3) is 1.18. The van der Waals surface area contributed by atoms with Crippen LogP contribution in [0.2, 0.25) is 0 Å². The summed E-state index contributed by atoms with van der Waals surface area (Å²) in [5, 5.41) is 4.05. The van der Waals surface area contributed by atoms with Crippen molar-refractivity contribution in [1.82, 2.24) is 14.8 Å². The molecule has 3 heteroatoms. The van der Waals surface area contributed by atoms with Crippen LogP contribution in [0.3, 0.4) is 0 Å². The van der Waals surface area contributed by atoms with Gasteiger partial charge in [-0.2, -0.15) is 5.10 Å². The van der Waals surface area contributed by atoms with E-state index in [1.54, 1.807) is 11.0 Å². The second-order valence-corrected chi connectivity index (χ2v) is 2.84. The Kier molecular flexibility index (Phi) is 1.78. The SMILES string of the molecule is CCC1C=Cc2ncnn2C=C1. The van der Waals surface area contributed by atoms with Crippen molar-refractivity contribution in [3.63, 3.8) is 0 Å². The number of allylic oxidation sites excluding steroid dienone is 2. The van der Waals surface area contributed by atoms with Gasteiger partial charge in [-0.3, -0.25) is 0 Å². The first-order valence-electron chi connectivity index (χ1n) is 4.16. The van der Waals surface area contributed by atoms with Gasteiger partial charge in [0.05, 0.1) is 0 Å². The fourth-order valence-corrected chi connectivity index (χ4v) is 1.23. The first-order valence-corrected chi connectivity index (χ1v) is 4.16. The summed E-state index contributed by atoms with van der Waals surface area (Å²) in [4.78, 5) is 4.10. The first-order chi connectivity index (χ1) is 5.90. The number of fused-ring (bicyclic) bond motifs is 1. The molecule has 1 aliphatic heterocycles. The summed E-state index contributed by atoms with van der Waals surface area (Å²) in [7, 11) is 0. The summed E-state index contributed by atoms with van der Waals surface area (Å²) in [6.45, 7) is 2.17. The van der Waals surface area contributed by atoms with E-state index in [0.29, 0.717) is 5.92 Å². The molecule has 0 aliphatic carbocycles. The Labute approximate surface area is 71.4 Å². The molecule has 1 unspecified atom stereocenters. The van der Waals surface area contributed by atoms with Crippen molar-refractivity contribution >= 4 is 12.3 Å². The van der Waals surface area contributed by atoms with E-state index >= 15 is 0 Å². The summed E-state index contributed by atoms with van der Waals surface area (Å²) in [6, 6.07) is 0. The Morgan fingerprint density at radius 2 is 2.42 bits per heavy atom. The smallest absolute Gasteiger partial charge is 0.154 e. The van der Waals surface area contributed by atoms with Crippen LogP contribution in [-0.2, 0) is 0 Å². The maximum atomic E-state index is 4.10. The van der Waals surface area contributed by atoms with Crippen molar-refractivity contribution in [2.75, 3.05) is 0 Å². The minimum atomic E-state index is 0.522. The number of hydrogen-bond donors (Lipinski definition) is 0. The molecule has 1 aliphatic rings. The van der Waals surface area contributed by atoms with Crippen molar-refractivity contribution in [2.45, 2.75) is 13.3 Å². The fraction of sp³-hybridized carbons (Fsp3) is 0.333. The molecular formula is C9H11N3. The van der Waals surface area contributed by atoms with E-state index in [1.165, 1.54) is 0 Å². The number of aromatic nitrogens is 3. The van der Waals surface area contributed by atoms with E-state index in [1.807, 2.05) is 12.3 Å². The van der Waals surface area contributed by atoms with Gasteiger partial charge in [0.2, 0.25) is 0 Å². The Morgan fingerprint density at radius 1 is 1.50 bits per heavy atom. The highest BCUT2D eigenvalue weighted by atomic mass is 15.3. The summed E-state index contributed by atoms with van der Waals surface area (Å²) in [6.07, 6.45) is 11.0. The lowest BCUT2D eigenvalue weighted by molar-refractivity contribution is 0.778. The van der Waals surface area contributed by atoms with Gasteiger partial charge in [-0.1, -0.05) is 19.1 Å². The molecule has 0 saturated carbocycles. The third-order valence-electron chi connectivity index (χ3n) is 2.04. The van der Waals surface area contributed by atoms with Gasteiger partial charge in [-0.25, -0.2) is 9.67 Å². The molecule has 2 rings (SSSR count). The largest absolute Gasteiger partial charge is 0.221 e. The van der Waals surface area contributed by atoms with Gasteiger partial charge in [-0.15, -0.1) is 0 Å². The van der Waals surface area contributed by atoms with Crippen LogP contribution in [-0.4, -0.2) is 14.8 Å². The minimum absolute atomic E-state index is 0.522. The number of hydrogen-bond acceptors (Lipinski definition) is 2. The third-order valence-corrected chi connectivity index (χ3v) is 2.04. The predicted octanol–water partition coefficient (Wildman–Crippen LogP) is 1.80. The molecule has 12 heavy (non-hydrogen) atoms. The molecule has 0 bridgehead atoms. The molecule has 2 heterocycles. The lowest BCUT2D eigenvalue weighted by Crippen LogP contribution is -1.90. The van der Waals surface area contributed by atoms with Gasteiger partial charge in [-0.05, 0) is 18.4 Å². The van der Waals surface area contributed by atoms with Gasteiger partial charge in [0.25, 0.3) is 0 Å². The van der Waals surface area contributed by atoms with Gasteiger partial charge in [0.1, 0.15) is 6.33 Å². The van der Waals surface area contributed by atoms with Crippen molar-refractivity contribution in [1.29, 1.82) is 0 Å². The van der Waals surface area contributed by atoms with Crippen LogP contribution >= 0.6 is 0 Å². The van der Waals surface area contributed by atoms with Crippen molar-refractivity contribution in [3.8, 4) is 0 Å². The average Bonchev–Trinajstić information content (AvgIpc) is 2.46. The molecular weight excluding hydrogens is 150 g/mol. The zero-order valence-electron chi connectivity index (χ0n) is 7.01. The summed E-state index contributed by atoms with van der Waals surface area (Å²) < 4.78 is 1.78. The highest BCUT2D eigenvalue weighted by Gasteiger charge is 2.03. The van der Waals surface area contributed by atoms with Crippen molar-refractivity contribution in [3.05, 3.63) is 24.3 Å². The van der Waals surface area contributed by atoms with E-state index in [2.05, 4.69) is 29.2 Å². The van der Waals surface area contributed by atoms with E-state index in [0.717, 1.165) is 12.2 Å². The monoisotopic (exact) mass is 161 g/mol. The molecule has 62 valence electrons. The lowest BCUT2D eigenvalue weighted by Gasteiger charge is -1.98. The summed E-state index contributed by atoms with van der Waals surface area (Å²) >= 11 is 0. The first kappa shape index (κ1) is 7.28. The highest BCUT2D eigenvalue weighted by molar-refractivity contribution is 5.47. The standard InChI is InChI=1S/C9H11N3/c1-2-8-3-4-9-10-7-11-12(9)6-5-8/h3-8H,2H2,1H3. The van der Waals surface area contributed by atoms with Gasteiger partial charge < -0.3 is 0 Å². The van der Waals surface area contributed by atoms with Crippen LogP contribution in [0.25, 0.3) is 12.3 Å². The van der Waals surface area contributed by atoms with Crippen LogP contribution in [0.4, 0.5) is 0 Å². The topological polar surface area (TPSA) is 30.7 Å². The zero-order valence-corrected chi connectivity index (χ0v) is 7.01. The molecule has 1 atom stereocenters. The normalized spacial score (nSPS) is 20.6. The molecule has 0 aromatic carbocycles. The zero-order chi connectivity index (χ0) is 8.39. The Morgan fingerprint density at radius 3 is 3.25 bits per heavy atom. The van der Waals surface area contributed by atoms with Crippen LogP contribution in [0.15, 0.2) is 18.5 Å². The Balaban J connectivity index is 2.36. The van der Waals surface area contributed by atoms with Gasteiger partial charge in [0.15, 0.2) is 5.82 Å². The van der Waals surface area contributed by atoms with E-state index in [4.69, 9.17) is 0 Å². The predicted molar refractivity (Wildman–Crippen MR) is 48.2 cm³/mol.